The zero-order valence-corrected chi connectivity index (χ0v) is 11.5. The Morgan fingerprint density at radius 2 is 2.20 bits per heavy atom. The molecule has 0 aliphatic rings. The first-order valence-electron chi connectivity index (χ1n) is 6.48. The SMILES string of the molecule is CCC(CC(=O)O)NC(=O)c1cn2c(C)cccc2n1. The predicted molar refractivity (Wildman–Crippen MR) is 73.7 cm³/mol. The van der Waals surface area contributed by atoms with Gasteiger partial charge in [0, 0.05) is 17.9 Å². The Labute approximate surface area is 116 Å². The van der Waals surface area contributed by atoms with Crippen LogP contribution in [0.4, 0.5) is 0 Å². The highest BCUT2D eigenvalue weighted by Gasteiger charge is 2.17. The van der Waals surface area contributed by atoms with Crippen LogP contribution >= 0.6 is 0 Å². The highest BCUT2D eigenvalue weighted by molar-refractivity contribution is 5.93. The number of aliphatic carboxylic acids is 1. The van der Waals surface area contributed by atoms with Gasteiger partial charge >= 0.3 is 5.97 Å². The molecule has 2 heterocycles. The van der Waals surface area contributed by atoms with Gasteiger partial charge < -0.3 is 14.8 Å². The molecular formula is C14H17N3O3. The van der Waals surface area contributed by atoms with Crippen LogP contribution in [0.3, 0.4) is 0 Å². The molecule has 6 nitrogen and oxygen atoms in total. The van der Waals surface area contributed by atoms with E-state index in [2.05, 4.69) is 10.3 Å². The smallest absolute Gasteiger partial charge is 0.305 e. The molecule has 0 saturated carbocycles. The number of fused-ring (bicyclic) bond motifs is 1. The van der Waals surface area contributed by atoms with Crippen LogP contribution in [-0.4, -0.2) is 32.4 Å². The van der Waals surface area contributed by atoms with Gasteiger partial charge in [-0.1, -0.05) is 13.0 Å². The van der Waals surface area contributed by atoms with E-state index >= 15 is 0 Å². The van der Waals surface area contributed by atoms with Crippen molar-refractivity contribution in [2.24, 2.45) is 0 Å². The van der Waals surface area contributed by atoms with E-state index in [9.17, 15) is 9.59 Å². The number of hydrogen-bond acceptors (Lipinski definition) is 3. The molecule has 1 unspecified atom stereocenters. The van der Waals surface area contributed by atoms with E-state index in [0.29, 0.717) is 17.8 Å². The summed E-state index contributed by atoms with van der Waals surface area (Å²) in [6.45, 7) is 3.76. The Morgan fingerprint density at radius 1 is 1.45 bits per heavy atom. The Bertz CT molecular complexity index is 648. The van der Waals surface area contributed by atoms with Crippen LogP contribution in [0.15, 0.2) is 24.4 Å². The maximum absolute atomic E-state index is 12.1. The van der Waals surface area contributed by atoms with Gasteiger partial charge in [0.15, 0.2) is 0 Å². The van der Waals surface area contributed by atoms with Crippen molar-refractivity contribution in [3.63, 3.8) is 0 Å². The molecule has 0 spiro atoms. The average Bonchev–Trinajstić information content (AvgIpc) is 2.83. The molecule has 2 N–H and O–H groups in total. The average molecular weight is 275 g/mol. The second-order valence-electron chi connectivity index (χ2n) is 4.70. The maximum atomic E-state index is 12.1. The van der Waals surface area contributed by atoms with Crippen LogP contribution in [0.25, 0.3) is 5.65 Å². The molecule has 0 radical (unpaired) electrons. The summed E-state index contributed by atoms with van der Waals surface area (Å²) in [6, 6.07) is 5.23. The highest BCUT2D eigenvalue weighted by atomic mass is 16.4. The summed E-state index contributed by atoms with van der Waals surface area (Å²) in [4.78, 5) is 27.0. The Hall–Kier alpha value is -2.37. The lowest BCUT2D eigenvalue weighted by atomic mass is 10.1. The van der Waals surface area contributed by atoms with Crippen molar-refractivity contribution in [1.29, 1.82) is 0 Å². The molecule has 106 valence electrons. The summed E-state index contributed by atoms with van der Waals surface area (Å²) in [6.07, 6.45) is 2.13. The van der Waals surface area contributed by atoms with Gasteiger partial charge in [0.2, 0.25) is 0 Å². The number of pyridine rings is 1. The molecule has 0 fully saturated rings. The third kappa shape index (κ3) is 2.96. The zero-order valence-electron chi connectivity index (χ0n) is 11.5. The van der Waals surface area contributed by atoms with Crippen molar-refractivity contribution < 1.29 is 14.7 Å². The van der Waals surface area contributed by atoms with E-state index in [1.807, 2.05) is 36.4 Å². The van der Waals surface area contributed by atoms with E-state index in [4.69, 9.17) is 5.11 Å². The summed E-state index contributed by atoms with van der Waals surface area (Å²) in [7, 11) is 0. The number of hydrogen-bond donors (Lipinski definition) is 2. The monoisotopic (exact) mass is 275 g/mol. The maximum Gasteiger partial charge on any atom is 0.305 e. The number of carboxylic acids is 1. The van der Waals surface area contributed by atoms with Crippen molar-refractivity contribution in [1.82, 2.24) is 14.7 Å². The normalized spacial score (nSPS) is 12.3. The zero-order chi connectivity index (χ0) is 14.7. The van der Waals surface area contributed by atoms with E-state index in [1.165, 1.54) is 0 Å². The molecular weight excluding hydrogens is 258 g/mol. The first kappa shape index (κ1) is 14.0. The summed E-state index contributed by atoms with van der Waals surface area (Å²) in [5.41, 5.74) is 1.97. The Morgan fingerprint density at radius 3 is 2.80 bits per heavy atom. The lowest BCUT2D eigenvalue weighted by Gasteiger charge is -2.13. The van der Waals surface area contributed by atoms with Crippen molar-refractivity contribution in [3.05, 3.63) is 35.8 Å². The van der Waals surface area contributed by atoms with Crippen LogP contribution in [0, 0.1) is 6.92 Å². The lowest BCUT2D eigenvalue weighted by Crippen LogP contribution is -2.36. The number of carboxylic acid groups (broad SMARTS) is 1. The number of imidazole rings is 1. The van der Waals surface area contributed by atoms with Crippen molar-refractivity contribution >= 4 is 17.5 Å². The third-order valence-corrected chi connectivity index (χ3v) is 3.18. The van der Waals surface area contributed by atoms with Gasteiger partial charge in [-0.05, 0) is 25.5 Å². The van der Waals surface area contributed by atoms with Gasteiger partial charge in [0.05, 0.1) is 6.42 Å². The fourth-order valence-corrected chi connectivity index (χ4v) is 2.03. The first-order valence-corrected chi connectivity index (χ1v) is 6.48. The second-order valence-corrected chi connectivity index (χ2v) is 4.70. The summed E-state index contributed by atoms with van der Waals surface area (Å²) >= 11 is 0. The molecule has 1 atom stereocenters. The quantitative estimate of drug-likeness (QED) is 0.868. The molecule has 0 saturated heterocycles. The molecule has 20 heavy (non-hydrogen) atoms. The fourth-order valence-electron chi connectivity index (χ4n) is 2.03. The van der Waals surface area contributed by atoms with Crippen LogP contribution in [-0.2, 0) is 4.79 Å². The van der Waals surface area contributed by atoms with Gasteiger partial charge in [0.25, 0.3) is 5.91 Å². The van der Waals surface area contributed by atoms with Crippen LogP contribution in [0.1, 0.15) is 35.9 Å². The minimum absolute atomic E-state index is 0.0887. The molecule has 0 aliphatic heterocycles. The summed E-state index contributed by atoms with van der Waals surface area (Å²) in [5.74, 6) is -1.27. The van der Waals surface area contributed by atoms with Gasteiger partial charge in [-0.3, -0.25) is 9.59 Å². The number of aryl methyl sites for hydroxylation is 1. The van der Waals surface area contributed by atoms with Crippen LogP contribution in [0.5, 0.6) is 0 Å². The largest absolute Gasteiger partial charge is 0.481 e. The number of carbonyl (C=O) groups is 2. The molecule has 0 aliphatic carbocycles. The van der Waals surface area contributed by atoms with Gasteiger partial charge in [0.1, 0.15) is 11.3 Å². The van der Waals surface area contributed by atoms with Gasteiger partial charge in [-0.25, -0.2) is 4.98 Å². The van der Waals surface area contributed by atoms with E-state index in [-0.39, 0.29) is 18.4 Å². The number of aromatic nitrogens is 2. The van der Waals surface area contributed by atoms with Crippen LogP contribution < -0.4 is 5.32 Å². The van der Waals surface area contributed by atoms with Crippen molar-refractivity contribution in [2.45, 2.75) is 32.7 Å². The van der Waals surface area contributed by atoms with E-state index < -0.39 is 5.97 Å². The molecule has 6 heteroatoms. The van der Waals surface area contributed by atoms with Gasteiger partial charge in [-0.2, -0.15) is 0 Å². The summed E-state index contributed by atoms with van der Waals surface area (Å²) < 4.78 is 1.83. The minimum atomic E-state index is -0.928. The highest BCUT2D eigenvalue weighted by Crippen LogP contribution is 2.09. The number of carbonyl (C=O) groups excluding carboxylic acids is 1. The third-order valence-electron chi connectivity index (χ3n) is 3.18. The minimum Gasteiger partial charge on any atom is -0.481 e. The Kier molecular flexibility index (Phi) is 4.02. The molecule has 0 bridgehead atoms. The molecule has 0 aromatic carbocycles. The molecule has 2 rings (SSSR count). The first-order chi connectivity index (χ1) is 9.51. The topological polar surface area (TPSA) is 83.7 Å². The molecule has 2 aromatic rings. The lowest BCUT2D eigenvalue weighted by molar-refractivity contribution is -0.137. The number of rotatable bonds is 5. The standard InChI is InChI=1S/C14H17N3O3/c1-3-10(7-13(18)19)15-14(20)11-8-17-9(2)5-4-6-12(17)16-11/h4-6,8,10H,3,7H2,1-2H3,(H,15,20)(H,18,19). The summed E-state index contributed by atoms with van der Waals surface area (Å²) in [5, 5.41) is 11.5. The van der Waals surface area contributed by atoms with Crippen molar-refractivity contribution in [3.8, 4) is 0 Å². The van der Waals surface area contributed by atoms with E-state index in [0.717, 1.165) is 5.69 Å². The predicted octanol–water partition coefficient (Wildman–Crippen LogP) is 1.63. The number of nitrogens with zero attached hydrogens (tertiary/aromatic N) is 2. The molecule has 1 amide bonds. The Balaban J connectivity index is 2.18. The van der Waals surface area contributed by atoms with E-state index in [1.54, 1.807) is 6.20 Å². The fraction of sp³-hybridized carbons (Fsp3) is 0.357. The van der Waals surface area contributed by atoms with Crippen molar-refractivity contribution in [2.75, 3.05) is 0 Å². The van der Waals surface area contributed by atoms with Crippen LogP contribution in [0.2, 0.25) is 0 Å². The number of nitrogens with one attached hydrogen (secondary N) is 1. The molecule has 2 aromatic heterocycles. The second kappa shape index (κ2) is 5.73. The number of amides is 1. The van der Waals surface area contributed by atoms with Gasteiger partial charge in [-0.15, -0.1) is 0 Å².